The van der Waals surface area contributed by atoms with Crippen LogP contribution in [0.25, 0.3) is 10.9 Å². The van der Waals surface area contributed by atoms with Gasteiger partial charge in [0.05, 0.1) is 0 Å². The number of thiocarbonyl (C=S) groups is 1. The van der Waals surface area contributed by atoms with Gasteiger partial charge in [-0.25, -0.2) is 0 Å². The molecule has 2 aromatic carbocycles. The molecule has 0 saturated heterocycles. The van der Waals surface area contributed by atoms with E-state index in [1.54, 1.807) is 13.1 Å². The molecule has 0 saturated carbocycles. The van der Waals surface area contributed by atoms with Crippen LogP contribution < -0.4 is 10.6 Å². The summed E-state index contributed by atoms with van der Waals surface area (Å²) >= 11 is 17.7. The summed E-state index contributed by atoms with van der Waals surface area (Å²) in [7, 11) is 1.80. The number of H-pyrrole nitrogens is 1. The van der Waals surface area contributed by atoms with E-state index in [4.69, 9.17) is 35.4 Å². The molecular weight excluding hydrogens is 361 g/mol. The molecule has 0 unspecified atom stereocenters. The van der Waals surface area contributed by atoms with Crippen molar-refractivity contribution in [1.82, 2.24) is 15.6 Å². The van der Waals surface area contributed by atoms with Crippen LogP contribution in [-0.4, -0.2) is 23.7 Å². The van der Waals surface area contributed by atoms with E-state index in [1.165, 1.54) is 10.9 Å². The maximum absolute atomic E-state index is 6.47. The Labute approximate surface area is 156 Å². The van der Waals surface area contributed by atoms with Gasteiger partial charge in [0.2, 0.25) is 0 Å². The molecule has 0 bridgehead atoms. The maximum atomic E-state index is 6.47. The molecule has 1 aromatic heterocycles. The number of aromatic amines is 1. The Balaban J connectivity index is 2.06. The third-order valence-electron chi connectivity index (χ3n) is 4.03. The summed E-state index contributed by atoms with van der Waals surface area (Å²) in [5.74, 6) is 0.0391. The fourth-order valence-electron chi connectivity index (χ4n) is 2.84. The number of nitrogens with one attached hydrogen (secondary N) is 3. The van der Waals surface area contributed by atoms with Crippen LogP contribution in [0, 0.1) is 0 Å². The quantitative estimate of drug-likeness (QED) is 0.577. The van der Waals surface area contributed by atoms with E-state index in [0.29, 0.717) is 21.7 Å². The van der Waals surface area contributed by atoms with E-state index in [1.807, 2.05) is 30.5 Å². The molecule has 3 aromatic rings. The molecule has 0 amide bonds. The van der Waals surface area contributed by atoms with Gasteiger partial charge < -0.3 is 15.6 Å². The fourth-order valence-corrected chi connectivity index (χ4v) is 3.46. The first kappa shape index (κ1) is 17.1. The van der Waals surface area contributed by atoms with E-state index in [-0.39, 0.29) is 5.92 Å². The highest BCUT2D eigenvalue weighted by Crippen LogP contribution is 2.35. The van der Waals surface area contributed by atoms with Crippen LogP contribution >= 0.6 is 35.4 Å². The van der Waals surface area contributed by atoms with Crippen molar-refractivity contribution in [3.8, 4) is 0 Å². The number of hydrogen-bond donors (Lipinski definition) is 3. The lowest BCUT2D eigenvalue weighted by Gasteiger charge is -2.20. The summed E-state index contributed by atoms with van der Waals surface area (Å²) in [5, 5.41) is 9.22. The third kappa shape index (κ3) is 3.51. The molecule has 0 spiro atoms. The summed E-state index contributed by atoms with van der Waals surface area (Å²) in [5.41, 5.74) is 3.28. The summed E-state index contributed by atoms with van der Waals surface area (Å²) in [6, 6.07) is 13.8. The minimum Gasteiger partial charge on any atom is -0.366 e. The maximum Gasteiger partial charge on any atom is 0.166 e. The number of fused-ring (bicyclic) bond motifs is 1. The molecule has 3 N–H and O–H groups in total. The van der Waals surface area contributed by atoms with Crippen molar-refractivity contribution in [2.45, 2.75) is 5.92 Å². The van der Waals surface area contributed by atoms with E-state index < -0.39 is 0 Å². The van der Waals surface area contributed by atoms with Crippen LogP contribution in [0.2, 0.25) is 10.0 Å². The fraction of sp³-hybridized carbons (Fsp3) is 0.167. The van der Waals surface area contributed by atoms with Gasteiger partial charge in [-0.2, -0.15) is 0 Å². The topological polar surface area (TPSA) is 39.8 Å². The van der Waals surface area contributed by atoms with Gasteiger partial charge in [0.1, 0.15) is 0 Å². The summed E-state index contributed by atoms with van der Waals surface area (Å²) in [4.78, 5) is 3.33. The van der Waals surface area contributed by atoms with Crippen molar-refractivity contribution in [1.29, 1.82) is 0 Å². The zero-order chi connectivity index (χ0) is 17.1. The third-order valence-corrected chi connectivity index (χ3v) is 4.94. The van der Waals surface area contributed by atoms with Crippen LogP contribution in [0.3, 0.4) is 0 Å². The highest BCUT2D eigenvalue weighted by atomic mass is 35.5. The average molecular weight is 378 g/mol. The molecule has 24 heavy (non-hydrogen) atoms. The molecule has 1 heterocycles. The number of aromatic nitrogens is 1. The highest BCUT2D eigenvalue weighted by molar-refractivity contribution is 7.80. The molecule has 0 aliphatic heterocycles. The molecule has 1 atom stereocenters. The van der Waals surface area contributed by atoms with E-state index in [9.17, 15) is 0 Å². The summed E-state index contributed by atoms with van der Waals surface area (Å²) < 4.78 is 0. The largest absolute Gasteiger partial charge is 0.366 e. The molecule has 3 rings (SSSR count). The zero-order valence-corrected chi connectivity index (χ0v) is 15.4. The second kappa shape index (κ2) is 7.43. The molecule has 0 fully saturated rings. The van der Waals surface area contributed by atoms with Gasteiger partial charge in [-0.15, -0.1) is 0 Å². The van der Waals surface area contributed by atoms with Crippen LogP contribution in [0.5, 0.6) is 0 Å². The summed E-state index contributed by atoms with van der Waals surface area (Å²) in [6.45, 7) is 0.628. The molecule has 0 radical (unpaired) electrons. The van der Waals surface area contributed by atoms with Crippen molar-refractivity contribution < 1.29 is 0 Å². The molecule has 6 heteroatoms. The number of hydrogen-bond acceptors (Lipinski definition) is 1. The van der Waals surface area contributed by atoms with Crippen LogP contribution in [0.1, 0.15) is 17.0 Å². The second-order valence-corrected chi connectivity index (χ2v) is 6.72. The lowest BCUT2D eigenvalue weighted by atomic mass is 9.91. The Morgan fingerprint density at radius 1 is 1.17 bits per heavy atom. The van der Waals surface area contributed by atoms with Crippen molar-refractivity contribution in [2.24, 2.45) is 0 Å². The smallest absolute Gasteiger partial charge is 0.166 e. The van der Waals surface area contributed by atoms with Crippen molar-refractivity contribution >= 4 is 51.4 Å². The molecule has 124 valence electrons. The Kier molecular flexibility index (Phi) is 5.29. The Morgan fingerprint density at radius 3 is 2.71 bits per heavy atom. The summed E-state index contributed by atoms with van der Waals surface area (Å²) in [6.07, 6.45) is 2.03. The second-order valence-electron chi connectivity index (χ2n) is 5.47. The highest BCUT2D eigenvalue weighted by Gasteiger charge is 2.21. The van der Waals surface area contributed by atoms with Crippen LogP contribution in [0.4, 0.5) is 0 Å². The van der Waals surface area contributed by atoms with Crippen LogP contribution in [0.15, 0.2) is 48.7 Å². The van der Waals surface area contributed by atoms with Gasteiger partial charge in [-0.05, 0) is 41.5 Å². The number of rotatable bonds is 4. The zero-order valence-electron chi connectivity index (χ0n) is 13.1. The predicted molar refractivity (Wildman–Crippen MR) is 106 cm³/mol. The Morgan fingerprint density at radius 2 is 1.96 bits per heavy atom. The number of para-hydroxylation sites is 1. The molecular formula is C18H17Cl2N3S. The van der Waals surface area contributed by atoms with Gasteiger partial charge in [-0.3, -0.25) is 0 Å². The van der Waals surface area contributed by atoms with Gasteiger partial charge in [0.15, 0.2) is 5.11 Å². The monoisotopic (exact) mass is 377 g/mol. The standard InChI is InChI=1S/C18H17Cl2N3S/c1-21-18(24)23-10-14(12-7-6-11(19)8-16(12)20)15-9-22-17-5-3-2-4-13(15)17/h2-9,14,22H,10H2,1H3,(H2,21,23,24)/t14-/m1/s1. The minimum absolute atomic E-state index is 0.0391. The molecule has 0 aliphatic carbocycles. The SMILES string of the molecule is CNC(=S)NC[C@H](c1ccc(Cl)cc1Cl)c1c[nH]c2ccccc12. The first-order valence-corrected chi connectivity index (χ1v) is 8.73. The molecule has 3 nitrogen and oxygen atoms in total. The first-order valence-electron chi connectivity index (χ1n) is 7.56. The van der Waals surface area contributed by atoms with E-state index in [0.717, 1.165) is 11.1 Å². The normalized spacial score (nSPS) is 12.1. The predicted octanol–water partition coefficient (Wildman–Crippen LogP) is 4.70. The van der Waals surface area contributed by atoms with Gasteiger partial charge >= 0.3 is 0 Å². The van der Waals surface area contributed by atoms with Gasteiger partial charge in [0.25, 0.3) is 0 Å². The average Bonchev–Trinajstić information content (AvgIpc) is 3.00. The first-order chi connectivity index (χ1) is 11.6. The number of halogens is 2. The Bertz CT molecular complexity index is 876. The van der Waals surface area contributed by atoms with E-state index in [2.05, 4.69) is 27.8 Å². The van der Waals surface area contributed by atoms with Crippen molar-refractivity contribution in [2.75, 3.05) is 13.6 Å². The van der Waals surface area contributed by atoms with E-state index >= 15 is 0 Å². The lowest BCUT2D eigenvalue weighted by molar-refractivity contribution is 0.755. The van der Waals surface area contributed by atoms with Crippen molar-refractivity contribution in [3.05, 3.63) is 69.8 Å². The molecule has 0 aliphatic rings. The van der Waals surface area contributed by atoms with Gasteiger partial charge in [0, 0.05) is 46.7 Å². The lowest BCUT2D eigenvalue weighted by Crippen LogP contribution is -2.35. The minimum atomic E-state index is 0.0391. The van der Waals surface area contributed by atoms with Crippen molar-refractivity contribution in [3.63, 3.8) is 0 Å². The Hall–Kier alpha value is -1.75. The van der Waals surface area contributed by atoms with Gasteiger partial charge in [-0.1, -0.05) is 47.5 Å². The number of benzene rings is 2. The van der Waals surface area contributed by atoms with Crippen LogP contribution in [-0.2, 0) is 0 Å².